The Morgan fingerprint density at radius 2 is 1.62 bits per heavy atom. The van der Waals surface area contributed by atoms with Crippen molar-refractivity contribution in [1.29, 1.82) is 0 Å². The number of imidazole rings is 1. The first-order valence-corrected chi connectivity index (χ1v) is 12.6. The summed E-state index contributed by atoms with van der Waals surface area (Å²) in [7, 11) is 0. The van der Waals surface area contributed by atoms with Crippen molar-refractivity contribution >= 4 is 5.82 Å². The topological polar surface area (TPSA) is 64.7 Å². The van der Waals surface area contributed by atoms with Gasteiger partial charge in [-0.15, -0.1) is 0 Å². The number of anilines is 1. The summed E-state index contributed by atoms with van der Waals surface area (Å²) >= 11 is 0. The van der Waals surface area contributed by atoms with Crippen LogP contribution in [0.1, 0.15) is 67.8 Å². The molecule has 1 atom stereocenters. The van der Waals surface area contributed by atoms with Crippen molar-refractivity contribution in [2.24, 2.45) is 0 Å². The number of nitrogens with one attached hydrogen (secondary N) is 1. The summed E-state index contributed by atoms with van der Waals surface area (Å²) < 4.78 is 3.74. The lowest BCUT2D eigenvalue weighted by molar-refractivity contribution is 0.539. The van der Waals surface area contributed by atoms with Crippen LogP contribution >= 0.6 is 0 Å². The van der Waals surface area contributed by atoms with Crippen LogP contribution < -0.4 is 11.0 Å². The Balaban J connectivity index is 1.46. The minimum Gasteiger partial charge on any atom is -0.364 e. The zero-order chi connectivity index (χ0) is 23.1. The van der Waals surface area contributed by atoms with Gasteiger partial charge < -0.3 is 5.32 Å². The molecule has 3 aliphatic heterocycles. The summed E-state index contributed by atoms with van der Waals surface area (Å²) in [6.45, 7) is 3.37. The highest BCUT2D eigenvalue weighted by Crippen LogP contribution is 2.40. The summed E-state index contributed by atoms with van der Waals surface area (Å²) in [5, 5.41) is 3.74. The molecule has 2 aromatic carbocycles. The zero-order valence-electron chi connectivity index (χ0n) is 19.7. The van der Waals surface area contributed by atoms with Crippen molar-refractivity contribution in [3.63, 3.8) is 0 Å². The Morgan fingerprint density at radius 3 is 2.24 bits per heavy atom. The van der Waals surface area contributed by atoms with Crippen molar-refractivity contribution in [3.8, 4) is 11.5 Å². The lowest BCUT2D eigenvalue weighted by Crippen LogP contribution is -2.33. The van der Waals surface area contributed by atoms with Gasteiger partial charge in [0.25, 0.3) is 0 Å². The van der Waals surface area contributed by atoms with Gasteiger partial charge in [0.15, 0.2) is 5.82 Å². The highest BCUT2D eigenvalue weighted by atomic mass is 16.1. The zero-order valence-corrected chi connectivity index (χ0v) is 19.7. The van der Waals surface area contributed by atoms with Gasteiger partial charge in [-0.1, -0.05) is 80.4 Å². The number of hydrogen-bond donors (Lipinski definition) is 1. The van der Waals surface area contributed by atoms with Crippen LogP contribution in [0.4, 0.5) is 5.82 Å². The number of rotatable bonds is 6. The standard InChI is InChI=1S/C28H31N5O/c1-2-17-32-27-24(30-25(31-27)21-15-9-10-16-21)26-29-22(18-33(26)28(32)34)23(19-11-5-3-6-12-19)20-13-7-4-8-14-20/h3-8,11-14,21-23,29H,2,9-10,15-18H2,1H3. The van der Waals surface area contributed by atoms with Crippen LogP contribution in [-0.2, 0) is 13.1 Å². The summed E-state index contributed by atoms with van der Waals surface area (Å²) in [4.78, 5) is 23.6. The van der Waals surface area contributed by atoms with Gasteiger partial charge in [-0.25, -0.2) is 14.8 Å². The van der Waals surface area contributed by atoms with Crippen molar-refractivity contribution in [2.75, 3.05) is 5.32 Å². The average Bonchev–Trinajstić information content (AvgIpc) is 3.63. The number of benzene rings is 2. The molecule has 174 valence electrons. The molecule has 0 spiro atoms. The van der Waals surface area contributed by atoms with Crippen molar-refractivity contribution in [1.82, 2.24) is 19.1 Å². The normalized spacial score (nSPS) is 18.0. The maximum Gasteiger partial charge on any atom is 0.331 e. The third kappa shape index (κ3) is 3.52. The van der Waals surface area contributed by atoms with E-state index in [1.807, 2.05) is 21.3 Å². The van der Waals surface area contributed by atoms with E-state index in [1.54, 1.807) is 0 Å². The van der Waals surface area contributed by atoms with Crippen LogP contribution in [-0.4, -0.2) is 25.1 Å². The first-order valence-electron chi connectivity index (χ1n) is 12.6. The molecule has 6 nitrogen and oxygen atoms in total. The molecule has 2 aromatic rings. The Bertz CT molecular complexity index is 1260. The highest BCUT2D eigenvalue weighted by molar-refractivity contribution is 5.70. The molecule has 34 heavy (non-hydrogen) atoms. The van der Waals surface area contributed by atoms with Crippen LogP contribution in [0.2, 0.25) is 0 Å². The average molecular weight is 454 g/mol. The van der Waals surface area contributed by atoms with Crippen LogP contribution in [0.25, 0.3) is 11.5 Å². The Morgan fingerprint density at radius 1 is 0.971 bits per heavy atom. The number of fused-ring (bicyclic) bond motifs is 3. The predicted octanol–water partition coefficient (Wildman–Crippen LogP) is 5.24. The minimum absolute atomic E-state index is 0.0112. The van der Waals surface area contributed by atoms with E-state index < -0.39 is 0 Å². The van der Waals surface area contributed by atoms with Gasteiger partial charge in [-0.2, -0.15) is 0 Å². The lowest BCUT2D eigenvalue weighted by Gasteiger charge is -2.24. The molecule has 1 saturated carbocycles. The fraction of sp³-hybridized carbons (Fsp3) is 0.393. The fourth-order valence-electron chi connectivity index (χ4n) is 5.85. The molecule has 3 heterocycles. The van der Waals surface area contributed by atoms with Crippen LogP contribution in [0.3, 0.4) is 0 Å². The fourth-order valence-corrected chi connectivity index (χ4v) is 5.85. The van der Waals surface area contributed by atoms with Crippen molar-refractivity contribution in [2.45, 2.75) is 70.0 Å². The Hall–Kier alpha value is -3.41. The van der Waals surface area contributed by atoms with E-state index in [4.69, 9.17) is 9.97 Å². The van der Waals surface area contributed by atoms with Crippen molar-refractivity contribution in [3.05, 3.63) is 88.1 Å². The summed E-state index contributed by atoms with van der Waals surface area (Å²) in [5.41, 5.74) is 3.34. The van der Waals surface area contributed by atoms with Gasteiger partial charge in [0.1, 0.15) is 17.3 Å². The second-order valence-corrected chi connectivity index (χ2v) is 9.68. The molecule has 1 N–H and O–H groups in total. The molecular weight excluding hydrogens is 422 g/mol. The van der Waals surface area contributed by atoms with E-state index in [1.165, 1.54) is 24.0 Å². The maximum atomic E-state index is 13.7. The molecule has 4 aliphatic rings. The Labute approximate surface area is 200 Å². The van der Waals surface area contributed by atoms with E-state index in [0.29, 0.717) is 19.0 Å². The summed E-state index contributed by atoms with van der Waals surface area (Å²) in [5.74, 6) is 3.01. The maximum absolute atomic E-state index is 13.7. The molecule has 6 rings (SSSR count). The number of aromatic nitrogens is 4. The number of hydrogen-bond acceptors (Lipinski definition) is 4. The first-order chi connectivity index (χ1) is 16.7. The molecule has 0 bridgehead atoms. The van der Waals surface area contributed by atoms with Crippen molar-refractivity contribution < 1.29 is 0 Å². The van der Waals surface area contributed by atoms with Crippen LogP contribution in [0, 0.1) is 0 Å². The van der Waals surface area contributed by atoms with Crippen LogP contribution in [0.5, 0.6) is 0 Å². The third-order valence-corrected chi connectivity index (χ3v) is 7.46. The largest absolute Gasteiger partial charge is 0.364 e. The predicted molar refractivity (Wildman–Crippen MR) is 135 cm³/mol. The van der Waals surface area contributed by atoms with E-state index in [2.05, 4.69) is 60.8 Å². The van der Waals surface area contributed by atoms with E-state index in [0.717, 1.165) is 42.4 Å². The van der Waals surface area contributed by atoms with E-state index in [-0.39, 0.29) is 17.6 Å². The molecule has 1 unspecified atom stereocenters. The van der Waals surface area contributed by atoms with Gasteiger partial charge in [0, 0.05) is 18.4 Å². The second kappa shape index (κ2) is 8.75. The monoisotopic (exact) mass is 453 g/mol. The summed E-state index contributed by atoms with van der Waals surface area (Å²) in [6.07, 6.45) is 5.64. The van der Waals surface area contributed by atoms with E-state index >= 15 is 0 Å². The molecule has 0 saturated heterocycles. The molecule has 6 heteroatoms. The van der Waals surface area contributed by atoms with Gasteiger partial charge in [0.05, 0.1) is 12.6 Å². The smallest absolute Gasteiger partial charge is 0.331 e. The molecule has 1 fully saturated rings. The van der Waals surface area contributed by atoms with E-state index in [9.17, 15) is 4.79 Å². The molecule has 1 aliphatic carbocycles. The number of nitrogens with zero attached hydrogens (tertiary/aromatic N) is 4. The Kier molecular flexibility index (Phi) is 5.44. The van der Waals surface area contributed by atoms with Gasteiger partial charge in [-0.05, 0) is 30.4 Å². The van der Waals surface area contributed by atoms with Gasteiger partial charge in [-0.3, -0.25) is 9.13 Å². The quantitative estimate of drug-likeness (QED) is 0.434. The van der Waals surface area contributed by atoms with Gasteiger partial charge in [0.2, 0.25) is 0 Å². The second-order valence-electron chi connectivity index (χ2n) is 9.68. The molecule has 0 aromatic heterocycles. The third-order valence-electron chi connectivity index (χ3n) is 7.46. The van der Waals surface area contributed by atoms with Gasteiger partial charge >= 0.3 is 5.69 Å². The lowest BCUT2D eigenvalue weighted by atomic mass is 9.85. The molecular formula is C28H31N5O. The molecule has 0 radical (unpaired) electrons. The SMILES string of the molecule is CCCn1c2nc(C3CCCC3)nc-2c2n(c1=O)CC(C(c1ccccc1)c1ccccc1)N2. The minimum atomic E-state index is 0.0112. The molecule has 0 amide bonds. The van der Waals surface area contributed by atoms with Crippen LogP contribution in [0.15, 0.2) is 65.5 Å². The highest BCUT2D eigenvalue weighted by Gasteiger charge is 2.37. The summed E-state index contributed by atoms with van der Waals surface area (Å²) in [6, 6.07) is 21.2. The first kappa shape index (κ1) is 21.1.